The fourth-order valence-corrected chi connectivity index (χ4v) is 8.07. The topological polar surface area (TPSA) is 275 Å². The highest BCUT2D eigenvalue weighted by atomic mass is 16.5. The van der Waals surface area contributed by atoms with Crippen LogP contribution in [0, 0.1) is 18.3 Å². The SMILES string of the molecule is CCCc1ccc(-c2ccc(C(=O)NC3CC(N)CN(C4C(=O)NC(C)C(=O)NC(C(O)NCC#N)Cc5ccc(OCC[NH3+])c(c5)-c5cc4ccc5OCCN)C3=O)c(C)n2)cc1. The van der Waals surface area contributed by atoms with Crippen LogP contribution in [0.5, 0.6) is 11.5 Å². The van der Waals surface area contributed by atoms with E-state index in [1.165, 1.54) is 17.4 Å². The minimum absolute atomic E-state index is 0.0525. The summed E-state index contributed by atoms with van der Waals surface area (Å²) in [6, 6.07) is 18.8. The number of aryl methyl sites for hydroxylation is 2. The molecule has 4 aromatic rings. The van der Waals surface area contributed by atoms with Crippen molar-refractivity contribution < 1.29 is 39.5 Å². The molecule has 0 spiro atoms. The maximum atomic E-state index is 14.7. The maximum Gasteiger partial charge on any atom is 0.253 e. The first-order chi connectivity index (χ1) is 30.8. The molecule has 17 heteroatoms. The molecule has 6 atom stereocenters. The molecule has 12 N–H and O–H groups in total. The van der Waals surface area contributed by atoms with Gasteiger partial charge in [-0.2, -0.15) is 5.26 Å². The average Bonchev–Trinajstić information content (AvgIpc) is 3.28. The number of nitrogens with two attached hydrogens (primary N) is 2. The first-order valence-electron chi connectivity index (χ1n) is 21.7. The molecule has 2 aliphatic rings. The number of aliphatic hydroxyl groups excluding tert-OH is 1. The van der Waals surface area contributed by atoms with Crippen LogP contribution >= 0.6 is 0 Å². The van der Waals surface area contributed by atoms with E-state index >= 15 is 0 Å². The lowest BCUT2D eigenvalue weighted by atomic mass is 9.91. The van der Waals surface area contributed by atoms with Gasteiger partial charge in [-0.15, -0.1) is 0 Å². The summed E-state index contributed by atoms with van der Waals surface area (Å²) in [5.74, 6) is -1.52. The lowest BCUT2D eigenvalue weighted by Gasteiger charge is -2.40. The Balaban J connectivity index is 1.39. The van der Waals surface area contributed by atoms with Crippen LogP contribution in [0.25, 0.3) is 22.4 Å². The number of nitrogens with one attached hydrogen (secondary N) is 4. The van der Waals surface area contributed by atoms with Crippen molar-refractivity contribution in [3.8, 4) is 40.0 Å². The minimum Gasteiger partial charge on any atom is -0.492 e. The van der Waals surface area contributed by atoms with Gasteiger partial charge in [0.25, 0.3) is 5.91 Å². The minimum atomic E-state index is -1.35. The maximum absolute atomic E-state index is 14.7. The van der Waals surface area contributed by atoms with E-state index < -0.39 is 60.1 Å². The first kappa shape index (κ1) is 47.1. The van der Waals surface area contributed by atoms with Gasteiger partial charge in [-0.05, 0) is 86.2 Å². The molecular weight excluding hydrogens is 817 g/mol. The van der Waals surface area contributed by atoms with Crippen LogP contribution < -0.4 is 47.9 Å². The van der Waals surface area contributed by atoms with Crippen LogP contribution in [0.15, 0.2) is 72.8 Å². The third-order valence-electron chi connectivity index (χ3n) is 11.3. The van der Waals surface area contributed by atoms with Crippen LogP contribution in [0.2, 0.25) is 0 Å². The second-order valence-electron chi connectivity index (χ2n) is 16.1. The van der Waals surface area contributed by atoms with Crippen molar-refractivity contribution >= 4 is 23.6 Å². The van der Waals surface area contributed by atoms with Gasteiger partial charge in [-0.3, -0.25) is 29.5 Å². The highest BCUT2D eigenvalue weighted by Gasteiger charge is 2.42. The van der Waals surface area contributed by atoms with Gasteiger partial charge < -0.3 is 52.6 Å². The summed E-state index contributed by atoms with van der Waals surface area (Å²) in [6.07, 6.45) is 0.894. The van der Waals surface area contributed by atoms with Crippen LogP contribution in [0.3, 0.4) is 0 Å². The molecule has 0 saturated carbocycles. The zero-order valence-corrected chi connectivity index (χ0v) is 36.6. The highest BCUT2D eigenvalue weighted by Crippen LogP contribution is 2.40. The van der Waals surface area contributed by atoms with E-state index in [2.05, 4.69) is 46.1 Å². The van der Waals surface area contributed by atoms with Gasteiger partial charge in [-0.25, -0.2) is 0 Å². The Hall–Kier alpha value is -6.42. The number of aromatic nitrogens is 1. The Bertz CT molecular complexity index is 2350. The number of carbonyl (C=O) groups is 4. The zero-order valence-electron chi connectivity index (χ0n) is 36.6. The predicted octanol–water partition coefficient (Wildman–Crippen LogP) is 1.01. The fraction of sp³-hybridized carbons (Fsp3) is 0.404. The lowest BCUT2D eigenvalue weighted by molar-refractivity contribution is -0.370. The third kappa shape index (κ3) is 11.2. The molecule has 4 amide bonds. The van der Waals surface area contributed by atoms with Gasteiger partial charge in [0.05, 0.1) is 35.6 Å². The summed E-state index contributed by atoms with van der Waals surface area (Å²) in [4.78, 5) is 63.1. The molecule has 338 valence electrons. The number of likely N-dealkylation sites (tertiary alicyclic amines) is 1. The summed E-state index contributed by atoms with van der Waals surface area (Å²) < 4.78 is 12.3. The quantitative estimate of drug-likeness (QED) is 0.0614. The number of carbonyl (C=O) groups excluding carboxylic acids is 4. The predicted molar refractivity (Wildman–Crippen MR) is 239 cm³/mol. The van der Waals surface area contributed by atoms with Crippen molar-refractivity contribution in [3.63, 3.8) is 0 Å². The van der Waals surface area contributed by atoms with Gasteiger partial charge in [0.1, 0.15) is 55.6 Å². The van der Waals surface area contributed by atoms with Gasteiger partial charge in [0.2, 0.25) is 17.7 Å². The van der Waals surface area contributed by atoms with Crippen molar-refractivity contribution in [2.45, 2.75) is 82.9 Å². The molecular formula is C47H59N10O7+. The smallest absolute Gasteiger partial charge is 0.253 e. The van der Waals surface area contributed by atoms with E-state index in [0.717, 1.165) is 18.4 Å². The zero-order chi connectivity index (χ0) is 45.9. The van der Waals surface area contributed by atoms with Gasteiger partial charge in [-0.1, -0.05) is 49.7 Å². The van der Waals surface area contributed by atoms with E-state index in [0.29, 0.717) is 51.7 Å². The Morgan fingerprint density at radius 1 is 1.02 bits per heavy atom. The number of hydrogen-bond donors (Lipinski definition) is 8. The summed E-state index contributed by atoms with van der Waals surface area (Å²) in [5, 5.41) is 31.5. The van der Waals surface area contributed by atoms with Crippen molar-refractivity contribution in [2.24, 2.45) is 11.5 Å². The molecule has 6 rings (SSSR count). The molecule has 64 heavy (non-hydrogen) atoms. The molecule has 4 bridgehead atoms. The second kappa shape index (κ2) is 21.8. The summed E-state index contributed by atoms with van der Waals surface area (Å²) in [6.45, 7) is 6.23. The number of ether oxygens (including phenoxy) is 2. The number of pyridine rings is 1. The number of piperidine rings is 1. The lowest BCUT2D eigenvalue weighted by Crippen LogP contribution is -2.61. The number of aliphatic hydroxyl groups is 1. The number of amides is 4. The molecule has 2 aliphatic heterocycles. The molecule has 1 aromatic heterocycles. The Morgan fingerprint density at radius 2 is 1.73 bits per heavy atom. The standard InChI is InChI=1S/C47H58N10O7/c1-4-5-29-6-9-31(10-7-29)37-13-12-34(27(2)53-37)44(59)56-39-25-33(51)26-57(47(39)62)42-32-11-15-41(64-21-18-50)36(24-32)35-22-30(8-14-40(35)63-20-17-49)23-38(45(60)52-19-16-48)55-43(58)28(3)54-46(42)61/h6-15,22,24,28,33,38-39,42,45,52,60H,4-5,17-21,23,25-26,49-51H2,1-3H3,(H,54,61)(H,55,58)(H,56,59)/p+1. The number of nitrogens with zero attached hydrogens (tertiary/aromatic N) is 3. The van der Waals surface area contributed by atoms with E-state index in [1.807, 2.05) is 30.3 Å². The van der Waals surface area contributed by atoms with E-state index in [1.54, 1.807) is 43.3 Å². The Kier molecular flexibility index (Phi) is 16.0. The van der Waals surface area contributed by atoms with Gasteiger partial charge >= 0.3 is 0 Å². The number of rotatable bonds is 15. The highest BCUT2D eigenvalue weighted by molar-refractivity contribution is 6.00. The van der Waals surface area contributed by atoms with E-state index in [-0.39, 0.29) is 51.3 Å². The monoisotopic (exact) mass is 875 g/mol. The summed E-state index contributed by atoms with van der Waals surface area (Å²) in [5.41, 5.74) is 22.1. The van der Waals surface area contributed by atoms with E-state index in [9.17, 15) is 29.5 Å². The number of benzene rings is 3. The molecule has 3 heterocycles. The summed E-state index contributed by atoms with van der Waals surface area (Å²) in [7, 11) is 0. The number of nitriles is 1. The molecule has 6 unspecified atom stereocenters. The van der Waals surface area contributed by atoms with Crippen LogP contribution in [0.4, 0.5) is 0 Å². The molecule has 17 nitrogen and oxygen atoms in total. The summed E-state index contributed by atoms with van der Waals surface area (Å²) >= 11 is 0. The van der Waals surface area contributed by atoms with Crippen molar-refractivity contribution in [2.75, 3.05) is 39.4 Å². The number of hydrogen-bond acceptors (Lipinski definition) is 12. The molecule has 1 saturated heterocycles. The molecule has 0 aliphatic carbocycles. The fourth-order valence-electron chi connectivity index (χ4n) is 8.07. The normalized spacial score (nSPS) is 20.6. The van der Waals surface area contributed by atoms with Gasteiger partial charge in [0, 0.05) is 35.8 Å². The number of quaternary nitrogens is 1. The molecule has 0 radical (unpaired) electrons. The van der Waals surface area contributed by atoms with Crippen molar-refractivity contribution in [1.82, 2.24) is 31.2 Å². The average molecular weight is 876 g/mol. The molecule has 1 fully saturated rings. The van der Waals surface area contributed by atoms with Crippen LogP contribution in [-0.4, -0.2) is 108 Å². The van der Waals surface area contributed by atoms with Crippen LogP contribution in [-0.2, 0) is 27.2 Å². The first-order valence-corrected chi connectivity index (χ1v) is 21.7. The van der Waals surface area contributed by atoms with Crippen molar-refractivity contribution in [3.05, 3.63) is 101 Å². The largest absolute Gasteiger partial charge is 0.492 e. The Labute approximate surface area is 373 Å². The van der Waals surface area contributed by atoms with Crippen LogP contribution in [0.1, 0.15) is 65.5 Å². The van der Waals surface area contributed by atoms with Gasteiger partial charge in [0.15, 0.2) is 0 Å². The van der Waals surface area contributed by atoms with Crippen molar-refractivity contribution in [1.29, 1.82) is 5.26 Å². The number of fused-ring (bicyclic) bond motifs is 5. The Morgan fingerprint density at radius 3 is 2.42 bits per heavy atom. The van der Waals surface area contributed by atoms with E-state index in [4.69, 9.17) is 25.9 Å². The second-order valence-corrected chi connectivity index (χ2v) is 16.1. The third-order valence-corrected chi connectivity index (χ3v) is 11.3. The molecule has 3 aromatic carbocycles.